The number of hydrogen-bond acceptors (Lipinski definition) is 6. The Morgan fingerprint density at radius 2 is 1.85 bits per heavy atom. The standard InChI is InChI=1S/C14H27N5O/c1-9(2)7-10(20-6)8-16-13-18-11(14(3,4)5)17-12(15)19-13/h9-10H,7-8H2,1-6H3,(H3,15,16,17,18,19). The molecule has 0 amide bonds. The molecule has 1 aromatic rings. The summed E-state index contributed by atoms with van der Waals surface area (Å²) in [5, 5.41) is 3.19. The van der Waals surface area contributed by atoms with Crippen LogP contribution in [0.2, 0.25) is 0 Å². The maximum Gasteiger partial charge on any atom is 0.227 e. The van der Waals surface area contributed by atoms with Crippen molar-refractivity contribution < 1.29 is 4.74 Å². The van der Waals surface area contributed by atoms with Crippen LogP contribution in [0.4, 0.5) is 11.9 Å². The summed E-state index contributed by atoms with van der Waals surface area (Å²) in [4.78, 5) is 12.7. The molecule has 20 heavy (non-hydrogen) atoms. The first kappa shape index (κ1) is 16.6. The first-order chi connectivity index (χ1) is 9.22. The van der Waals surface area contributed by atoms with E-state index in [1.165, 1.54) is 0 Å². The average Bonchev–Trinajstić information content (AvgIpc) is 2.32. The van der Waals surface area contributed by atoms with Gasteiger partial charge in [0.15, 0.2) is 0 Å². The molecule has 0 aromatic carbocycles. The van der Waals surface area contributed by atoms with Crippen molar-refractivity contribution >= 4 is 11.9 Å². The number of hydrogen-bond donors (Lipinski definition) is 2. The summed E-state index contributed by atoms with van der Waals surface area (Å²) in [7, 11) is 1.72. The molecule has 0 spiro atoms. The highest BCUT2D eigenvalue weighted by atomic mass is 16.5. The second-order valence-corrected chi connectivity index (χ2v) is 6.46. The minimum Gasteiger partial charge on any atom is -0.380 e. The zero-order valence-corrected chi connectivity index (χ0v) is 13.4. The molecule has 1 atom stereocenters. The summed E-state index contributed by atoms with van der Waals surface area (Å²) in [6, 6.07) is 0. The third-order valence-corrected chi connectivity index (χ3v) is 2.88. The van der Waals surface area contributed by atoms with Gasteiger partial charge in [-0.1, -0.05) is 34.6 Å². The Kier molecular flexibility index (Phi) is 5.68. The highest BCUT2D eigenvalue weighted by Gasteiger charge is 2.19. The Hall–Kier alpha value is -1.43. The molecule has 1 aromatic heterocycles. The molecule has 0 radical (unpaired) electrons. The Balaban J connectivity index is 2.75. The van der Waals surface area contributed by atoms with Gasteiger partial charge in [-0.3, -0.25) is 0 Å². The number of rotatable bonds is 6. The summed E-state index contributed by atoms with van der Waals surface area (Å²) >= 11 is 0. The lowest BCUT2D eigenvalue weighted by molar-refractivity contribution is 0.0945. The fourth-order valence-electron chi connectivity index (χ4n) is 1.80. The molecule has 6 nitrogen and oxygen atoms in total. The lowest BCUT2D eigenvalue weighted by atomic mass is 9.96. The summed E-state index contributed by atoms with van der Waals surface area (Å²) < 4.78 is 5.45. The molecule has 0 saturated heterocycles. The molecule has 0 saturated carbocycles. The Bertz CT molecular complexity index is 428. The predicted octanol–water partition coefficient (Wildman–Crippen LogP) is 2.22. The molecule has 0 bridgehead atoms. The van der Waals surface area contributed by atoms with Gasteiger partial charge in [-0.15, -0.1) is 0 Å². The van der Waals surface area contributed by atoms with Gasteiger partial charge in [0.05, 0.1) is 6.10 Å². The van der Waals surface area contributed by atoms with E-state index >= 15 is 0 Å². The first-order valence-electron chi connectivity index (χ1n) is 7.01. The Morgan fingerprint density at radius 1 is 1.20 bits per heavy atom. The second-order valence-electron chi connectivity index (χ2n) is 6.46. The monoisotopic (exact) mass is 281 g/mol. The fourth-order valence-corrected chi connectivity index (χ4v) is 1.80. The van der Waals surface area contributed by atoms with Crippen molar-refractivity contribution in [3.05, 3.63) is 5.82 Å². The van der Waals surface area contributed by atoms with Crippen LogP contribution in [0, 0.1) is 5.92 Å². The molecule has 0 aliphatic heterocycles. The molecule has 0 aliphatic carbocycles. The zero-order chi connectivity index (χ0) is 15.3. The van der Waals surface area contributed by atoms with Crippen LogP contribution in [0.5, 0.6) is 0 Å². The normalized spacial score (nSPS) is 13.6. The molecule has 0 aliphatic rings. The molecule has 1 heterocycles. The van der Waals surface area contributed by atoms with Gasteiger partial charge in [0.1, 0.15) is 5.82 Å². The maximum absolute atomic E-state index is 5.74. The van der Waals surface area contributed by atoms with Crippen LogP contribution in [-0.4, -0.2) is 34.7 Å². The molecular weight excluding hydrogens is 254 g/mol. The van der Waals surface area contributed by atoms with Crippen LogP contribution >= 0.6 is 0 Å². The third-order valence-electron chi connectivity index (χ3n) is 2.88. The number of nitrogens with one attached hydrogen (secondary N) is 1. The van der Waals surface area contributed by atoms with E-state index in [1.54, 1.807) is 7.11 Å². The van der Waals surface area contributed by atoms with Gasteiger partial charge >= 0.3 is 0 Å². The van der Waals surface area contributed by atoms with Crippen molar-refractivity contribution in [1.82, 2.24) is 15.0 Å². The summed E-state index contributed by atoms with van der Waals surface area (Å²) in [5.74, 6) is 2.01. The minimum absolute atomic E-state index is 0.131. The maximum atomic E-state index is 5.74. The molecule has 1 unspecified atom stereocenters. The topological polar surface area (TPSA) is 86.0 Å². The van der Waals surface area contributed by atoms with Crippen molar-refractivity contribution in [1.29, 1.82) is 0 Å². The average molecular weight is 281 g/mol. The number of nitrogens with two attached hydrogens (primary N) is 1. The van der Waals surface area contributed by atoms with Gasteiger partial charge in [0.25, 0.3) is 0 Å². The van der Waals surface area contributed by atoms with E-state index in [0.29, 0.717) is 24.2 Å². The molecule has 114 valence electrons. The van der Waals surface area contributed by atoms with E-state index < -0.39 is 0 Å². The van der Waals surface area contributed by atoms with Gasteiger partial charge in [-0.25, -0.2) is 0 Å². The Labute approximate surface area is 121 Å². The van der Waals surface area contributed by atoms with Crippen LogP contribution in [-0.2, 0) is 10.2 Å². The van der Waals surface area contributed by atoms with Crippen molar-refractivity contribution in [3.63, 3.8) is 0 Å². The Morgan fingerprint density at radius 3 is 2.35 bits per heavy atom. The predicted molar refractivity (Wildman–Crippen MR) is 81.7 cm³/mol. The van der Waals surface area contributed by atoms with E-state index in [9.17, 15) is 0 Å². The number of aromatic nitrogens is 3. The van der Waals surface area contributed by atoms with E-state index in [0.717, 1.165) is 6.42 Å². The fraction of sp³-hybridized carbons (Fsp3) is 0.786. The van der Waals surface area contributed by atoms with Gasteiger partial charge in [-0.2, -0.15) is 15.0 Å². The highest BCUT2D eigenvalue weighted by Crippen LogP contribution is 2.19. The summed E-state index contributed by atoms with van der Waals surface area (Å²) in [5.41, 5.74) is 5.58. The van der Waals surface area contributed by atoms with Crippen molar-refractivity contribution in [2.45, 2.75) is 52.6 Å². The SMILES string of the molecule is COC(CNc1nc(N)nc(C(C)(C)C)n1)CC(C)C. The van der Waals surface area contributed by atoms with Crippen molar-refractivity contribution in [3.8, 4) is 0 Å². The minimum atomic E-state index is -0.161. The zero-order valence-electron chi connectivity index (χ0n) is 13.4. The van der Waals surface area contributed by atoms with Crippen molar-refractivity contribution in [2.75, 3.05) is 24.7 Å². The molecule has 0 fully saturated rings. The largest absolute Gasteiger partial charge is 0.380 e. The smallest absolute Gasteiger partial charge is 0.227 e. The number of nitrogens with zero attached hydrogens (tertiary/aromatic N) is 3. The quantitative estimate of drug-likeness (QED) is 0.831. The molecular formula is C14H27N5O. The lowest BCUT2D eigenvalue weighted by Gasteiger charge is -2.20. The van der Waals surface area contributed by atoms with E-state index in [1.807, 2.05) is 20.8 Å². The van der Waals surface area contributed by atoms with Crippen LogP contribution in [0.3, 0.4) is 0 Å². The van der Waals surface area contributed by atoms with Gasteiger partial charge < -0.3 is 15.8 Å². The van der Waals surface area contributed by atoms with Crippen LogP contribution < -0.4 is 11.1 Å². The molecule has 3 N–H and O–H groups in total. The number of methoxy groups -OCH3 is 1. The molecule has 6 heteroatoms. The summed E-state index contributed by atoms with van der Waals surface area (Å²) in [6.07, 6.45) is 1.11. The second kappa shape index (κ2) is 6.83. The van der Waals surface area contributed by atoms with E-state index in [2.05, 4.69) is 34.1 Å². The lowest BCUT2D eigenvalue weighted by Crippen LogP contribution is -2.26. The van der Waals surface area contributed by atoms with E-state index in [-0.39, 0.29) is 17.5 Å². The van der Waals surface area contributed by atoms with E-state index in [4.69, 9.17) is 10.5 Å². The van der Waals surface area contributed by atoms with Crippen LogP contribution in [0.15, 0.2) is 0 Å². The number of anilines is 2. The van der Waals surface area contributed by atoms with Crippen molar-refractivity contribution in [2.24, 2.45) is 5.92 Å². The van der Waals surface area contributed by atoms with Crippen LogP contribution in [0.25, 0.3) is 0 Å². The molecule has 1 rings (SSSR count). The van der Waals surface area contributed by atoms with Gasteiger partial charge in [0, 0.05) is 19.1 Å². The first-order valence-corrected chi connectivity index (χ1v) is 7.01. The summed E-state index contributed by atoms with van der Waals surface area (Å²) in [6.45, 7) is 11.1. The van der Waals surface area contributed by atoms with Crippen LogP contribution in [0.1, 0.15) is 46.9 Å². The van der Waals surface area contributed by atoms with Gasteiger partial charge in [0.2, 0.25) is 11.9 Å². The highest BCUT2D eigenvalue weighted by molar-refractivity contribution is 5.32. The number of ether oxygens (including phenoxy) is 1. The third kappa shape index (κ3) is 5.28. The number of nitrogen functional groups attached to an aromatic ring is 1. The van der Waals surface area contributed by atoms with Gasteiger partial charge in [-0.05, 0) is 12.3 Å².